The fourth-order valence-corrected chi connectivity index (χ4v) is 4.15. The van der Waals surface area contributed by atoms with E-state index in [1.54, 1.807) is 6.07 Å². The van der Waals surface area contributed by atoms with E-state index in [1.807, 2.05) is 6.07 Å². The lowest BCUT2D eigenvalue weighted by atomic mass is 9.77. The maximum absolute atomic E-state index is 11.3. The molecule has 26 heavy (non-hydrogen) atoms. The van der Waals surface area contributed by atoms with Crippen LogP contribution in [0.2, 0.25) is 0 Å². The lowest BCUT2D eigenvalue weighted by Crippen LogP contribution is -2.15. The average molecular weight is 352 g/mol. The summed E-state index contributed by atoms with van der Waals surface area (Å²) in [6, 6.07) is 14.3. The van der Waals surface area contributed by atoms with Gasteiger partial charge in [-0.25, -0.2) is 4.79 Å². The number of carbonyl (C=O) groups is 1. The van der Waals surface area contributed by atoms with Gasteiger partial charge in [0.15, 0.2) is 0 Å². The van der Waals surface area contributed by atoms with Gasteiger partial charge in [-0.3, -0.25) is 0 Å². The molecule has 2 aromatic rings. The summed E-state index contributed by atoms with van der Waals surface area (Å²) in [5.74, 6) is 0.841. The Morgan fingerprint density at radius 3 is 2.27 bits per heavy atom. The second-order valence-corrected chi connectivity index (χ2v) is 8.22. The van der Waals surface area contributed by atoms with Crippen molar-refractivity contribution < 1.29 is 14.6 Å². The van der Waals surface area contributed by atoms with E-state index in [9.17, 15) is 9.90 Å². The molecule has 0 heterocycles. The molecule has 1 fully saturated rings. The minimum Gasteiger partial charge on any atom is -0.449 e. The number of hydrogen-bond acceptors (Lipinski definition) is 2. The van der Waals surface area contributed by atoms with Crippen molar-refractivity contribution in [3.05, 3.63) is 53.6 Å². The van der Waals surface area contributed by atoms with Gasteiger partial charge in [0, 0.05) is 5.56 Å². The molecule has 0 saturated heterocycles. The fraction of sp³-hybridized carbons (Fsp3) is 0.435. The second kappa shape index (κ2) is 7.53. The summed E-state index contributed by atoms with van der Waals surface area (Å²) < 4.78 is 5.20. The topological polar surface area (TPSA) is 46.5 Å². The van der Waals surface area contributed by atoms with E-state index in [4.69, 9.17) is 4.74 Å². The largest absolute Gasteiger partial charge is 0.511 e. The van der Waals surface area contributed by atoms with Crippen molar-refractivity contribution in [3.63, 3.8) is 0 Å². The molecule has 138 valence electrons. The van der Waals surface area contributed by atoms with Crippen LogP contribution in [0.4, 0.5) is 4.79 Å². The zero-order valence-electron chi connectivity index (χ0n) is 15.9. The van der Waals surface area contributed by atoms with E-state index >= 15 is 0 Å². The van der Waals surface area contributed by atoms with E-state index in [1.165, 1.54) is 30.4 Å². The minimum atomic E-state index is -1.25. The van der Waals surface area contributed by atoms with Gasteiger partial charge in [-0.1, -0.05) is 76.4 Å². The van der Waals surface area contributed by atoms with Crippen LogP contribution >= 0.6 is 0 Å². The Morgan fingerprint density at radius 2 is 1.62 bits per heavy atom. The molecule has 0 bridgehead atoms. The fourth-order valence-electron chi connectivity index (χ4n) is 4.15. The normalized spacial score (nSPS) is 15.7. The highest BCUT2D eigenvalue weighted by Crippen LogP contribution is 2.45. The Kier molecular flexibility index (Phi) is 5.36. The number of rotatable bonds is 3. The molecule has 0 aliphatic heterocycles. The standard InChI is InChI=1S/C23H28O3/c1-23(2,3)19-14-8-7-12-17(19)18-13-9-15-20(26-22(24)25)21(18)16-10-5-4-6-11-16/h7-9,12-16H,4-6,10-11H2,1-3H3,(H,24,25). The number of benzene rings is 2. The number of carboxylic acid groups (broad SMARTS) is 1. The smallest absolute Gasteiger partial charge is 0.449 e. The van der Waals surface area contributed by atoms with Gasteiger partial charge >= 0.3 is 6.16 Å². The van der Waals surface area contributed by atoms with Crippen LogP contribution in [0.1, 0.15) is 69.9 Å². The summed E-state index contributed by atoms with van der Waals surface area (Å²) in [4.78, 5) is 11.3. The lowest BCUT2D eigenvalue weighted by molar-refractivity contribution is 0.143. The highest BCUT2D eigenvalue weighted by Gasteiger charge is 2.26. The van der Waals surface area contributed by atoms with Crippen molar-refractivity contribution in [2.24, 2.45) is 0 Å². The molecule has 0 unspecified atom stereocenters. The second-order valence-electron chi connectivity index (χ2n) is 8.22. The summed E-state index contributed by atoms with van der Waals surface area (Å²) in [5.41, 5.74) is 4.62. The molecule has 1 aliphatic carbocycles. The first kappa shape index (κ1) is 18.5. The van der Waals surface area contributed by atoms with E-state index in [-0.39, 0.29) is 5.41 Å². The van der Waals surface area contributed by atoms with E-state index in [0.717, 1.165) is 24.0 Å². The molecule has 0 atom stereocenters. The third kappa shape index (κ3) is 3.92. The third-order valence-corrected chi connectivity index (χ3v) is 5.30. The summed E-state index contributed by atoms with van der Waals surface area (Å²) in [5, 5.41) is 9.21. The van der Waals surface area contributed by atoms with Crippen LogP contribution in [0.15, 0.2) is 42.5 Å². The van der Waals surface area contributed by atoms with Gasteiger partial charge in [0.2, 0.25) is 0 Å². The van der Waals surface area contributed by atoms with Crippen molar-refractivity contribution in [1.82, 2.24) is 0 Å². The van der Waals surface area contributed by atoms with Crippen LogP contribution in [-0.2, 0) is 5.41 Å². The van der Waals surface area contributed by atoms with Crippen LogP contribution in [0.3, 0.4) is 0 Å². The van der Waals surface area contributed by atoms with Gasteiger partial charge in [0.25, 0.3) is 0 Å². The molecule has 0 radical (unpaired) electrons. The van der Waals surface area contributed by atoms with Gasteiger partial charge in [0.1, 0.15) is 5.75 Å². The molecule has 2 aromatic carbocycles. The van der Waals surface area contributed by atoms with E-state index in [0.29, 0.717) is 11.7 Å². The first-order valence-corrected chi connectivity index (χ1v) is 9.51. The molecule has 3 rings (SSSR count). The van der Waals surface area contributed by atoms with Gasteiger partial charge < -0.3 is 9.84 Å². The van der Waals surface area contributed by atoms with Crippen LogP contribution in [0.25, 0.3) is 11.1 Å². The lowest BCUT2D eigenvalue weighted by Gasteiger charge is -2.29. The van der Waals surface area contributed by atoms with Crippen LogP contribution in [0, 0.1) is 0 Å². The Balaban J connectivity index is 2.20. The van der Waals surface area contributed by atoms with Gasteiger partial charge in [-0.15, -0.1) is 0 Å². The van der Waals surface area contributed by atoms with Crippen molar-refractivity contribution >= 4 is 6.16 Å². The Hall–Kier alpha value is -2.29. The predicted octanol–water partition coefficient (Wildman–Crippen LogP) is 6.76. The Morgan fingerprint density at radius 1 is 0.962 bits per heavy atom. The zero-order valence-corrected chi connectivity index (χ0v) is 15.9. The molecular formula is C23H28O3. The van der Waals surface area contributed by atoms with Gasteiger partial charge in [0.05, 0.1) is 0 Å². The molecule has 3 nitrogen and oxygen atoms in total. The Labute approximate surface area is 156 Å². The molecule has 0 aromatic heterocycles. The van der Waals surface area contributed by atoms with Gasteiger partial charge in [-0.05, 0) is 46.9 Å². The number of ether oxygens (including phenoxy) is 1. The monoisotopic (exact) mass is 352 g/mol. The zero-order chi connectivity index (χ0) is 18.7. The van der Waals surface area contributed by atoms with Crippen LogP contribution in [0.5, 0.6) is 5.75 Å². The maximum atomic E-state index is 11.3. The average Bonchev–Trinajstić information content (AvgIpc) is 2.61. The molecule has 1 saturated carbocycles. The summed E-state index contributed by atoms with van der Waals surface area (Å²) in [7, 11) is 0. The SMILES string of the molecule is CC(C)(C)c1ccccc1-c1cccc(OC(=O)O)c1C1CCCCC1. The summed E-state index contributed by atoms with van der Waals surface area (Å²) in [6.07, 6.45) is 4.56. The first-order valence-electron chi connectivity index (χ1n) is 9.51. The molecule has 3 heteroatoms. The molecular weight excluding hydrogens is 324 g/mol. The van der Waals surface area contributed by atoms with E-state index in [2.05, 4.69) is 51.1 Å². The Bertz CT molecular complexity index is 780. The van der Waals surface area contributed by atoms with Crippen molar-refractivity contribution in [1.29, 1.82) is 0 Å². The first-order chi connectivity index (χ1) is 12.4. The predicted molar refractivity (Wildman–Crippen MR) is 105 cm³/mol. The van der Waals surface area contributed by atoms with Crippen LogP contribution < -0.4 is 4.74 Å². The van der Waals surface area contributed by atoms with Gasteiger partial charge in [-0.2, -0.15) is 0 Å². The van der Waals surface area contributed by atoms with Crippen LogP contribution in [-0.4, -0.2) is 11.3 Å². The third-order valence-electron chi connectivity index (χ3n) is 5.30. The highest BCUT2D eigenvalue weighted by atomic mass is 16.7. The molecule has 0 amide bonds. The van der Waals surface area contributed by atoms with E-state index < -0.39 is 6.16 Å². The highest BCUT2D eigenvalue weighted by molar-refractivity contribution is 5.76. The molecule has 1 N–H and O–H groups in total. The van der Waals surface area contributed by atoms with Crippen molar-refractivity contribution in [2.45, 2.75) is 64.2 Å². The molecule has 1 aliphatic rings. The summed E-state index contributed by atoms with van der Waals surface area (Å²) in [6.45, 7) is 6.64. The van der Waals surface area contributed by atoms with Crippen molar-refractivity contribution in [2.75, 3.05) is 0 Å². The minimum absolute atomic E-state index is 0.00406. The maximum Gasteiger partial charge on any atom is 0.511 e. The summed E-state index contributed by atoms with van der Waals surface area (Å²) >= 11 is 0. The van der Waals surface area contributed by atoms with Crippen molar-refractivity contribution in [3.8, 4) is 16.9 Å². The quantitative estimate of drug-likeness (QED) is 0.490. The number of hydrogen-bond donors (Lipinski definition) is 1. The molecule has 0 spiro atoms.